The van der Waals surface area contributed by atoms with Gasteiger partial charge in [-0.2, -0.15) is 0 Å². The first-order valence-corrected chi connectivity index (χ1v) is 6.65. The van der Waals surface area contributed by atoms with Crippen LogP contribution in [0.2, 0.25) is 0 Å². The van der Waals surface area contributed by atoms with Gasteiger partial charge in [0.1, 0.15) is 0 Å². The summed E-state index contributed by atoms with van der Waals surface area (Å²) in [6, 6.07) is 8.48. The van der Waals surface area contributed by atoms with Crippen molar-refractivity contribution in [1.29, 1.82) is 0 Å². The normalized spacial score (nSPS) is 16.9. The second-order valence-electron chi connectivity index (χ2n) is 4.86. The molecule has 1 N–H and O–H groups in total. The quantitative estimate of drug-likeness (QED) is 0.845. The largest absolute Gasteiger partial charge is 0.467 e. The molecule has 1 atom stereocenters. The Labute approximate surface area is 113 Å². The van der Waals surface area contributed by atoms with E-state index in [2.05, 4.69) is 5.32 Å². The molecule has 1 aliphatic carbocycles. The molecule has 2 rings (SSSR count). The number of carbonyl (C=O) groups excluding carboxylic acids is 2. The predicted molar refractivity (Wildman–Crippen MR) is 71.3 cm³/mol. The molecule has 0 radical (unpaired) electrons. The highest BCUT2D eigenvalue weighted by atomic mass is 16.5. The number of methoxy groups -OCH3 is 1. The third kappa shape index (κ3) is 3.34. The topological polar surface area (TPSA) is 55.4 Å². The number of esters is 1. The summed E-state index contributed by atoms with van der Waals surface area (Å²) in [5.74, 6) is -0.440. The van der Waals surface area contributed by atoms with E-state index in [0.29, 0.717) is 0 Å². The van der Waals surface area contributed by atoms with E-state index in [0.717, 1.165) is 31.2 Å². The third-order valence-corrected chi connectivity index (χ3v) is 3.58. The van der Waals surface area contributed by atoms with E-state index in [9.17, 15) is 9.59 Å². The maximum atomic E-state index is 12.1. The number of benzene rings is 1. The molecule has 4 nitrogen and oxygen atoms in total. The van der Waals surface area contributed by atoms with Crippen LogP contribution in [0.3, 0.4) is 0 Å². The number of carbonyl (C=O) groups is 2. The number of ether oxygens (including phenoxy) is 1. The molecule has 0 aliphatic heterocycles. The number of nitrogens with one attached hydrogen (secondary N) is 1. The molecular weight excluding hydrogens is 242 g/mol. The van der Waals surface area contributed by atoms with Gasteiger partial charge in [-0.15, -0.1) is 0 Å². The summed E-state index contributed by atoms with van der Waals surface area (Å²) in [5.41, 5.74) is 0.751. The lowest BCUT2D eigenvalue weighted by Gasteiger charge is -2.19. The zero-order valence-electron chi connectivity index (χ0n) is 11.1. The highest BCUT2D eigenvalue weighted by Gasteiger charge is 2.28. The highest BCUT2D eigenvalue weighted by molar-refractivity contribution is 5.86. The molecule has 0 bridgehead atoms. The minimum absolute atomic E-state index is 0.0378. The third-order valence-electron chi connectivity index (χ3n) is 3.58. The summed E-state index contributed by atoms with van der Waals surface area (Å²) in [6.45, 7) is 0. The van der Waals surface area contributed by atoms with Crippen LogP contribution in [0.1, 0.15) is 37.3 Å². The molecule has 0 aromatic heterocycles. The average Bonchev–Trinajstić information content (AvgIpc) is 2.99. The van der Waals surface area contributed by atoms with Crippen molar-refractivity contribution in [3.63, 3.8) is 0 Å². The van der Waals surface area contributed by atoms with E-state index in [4.69, 9.17) is 4.74 Å². The van der Waals surface area contributed by atoms with E-state index in [-0.39, 0.29) is 11.8 Å². The molecule has 1 amide bonds. The van der Waals surface area contributed by atoms with Crippen molar-refractivity contribution < 1.29 is 14.3 Å². The second-order valence-corrected chi connectivity index (χ2v) is 4.86. The maximum absolute atomic E-state index is 12.1. The Balaban J connectivity index is 2.10. The predicted octanol–water partition coefficient (Wildman–Crippen LogP) is 2.21. The Morgan fingerprint density at radius 1 is 1.21 bits per heavy atom. The van der Waals surface area contributed by atoms with Crippen LogP contribution in [0.4, 0.5) is 0 Å². The fraction of sp³-hybridized carbons (Fsp3) is 0.467. The van der Waals surface area contributed by atoms with Crippen molar-refractivity contribution in [2.24, 2.45) is 5.92 Å². The second kappa shape index (κ2) is 6.36. The first kappa shape index (κ1) is 13.6. The molecule has 1 saturated carbocycles. The summed E-state index contributed by atoms with van der Waals surface area (Å²) in [7, 11) is 1.33. The number of hydrogen-bond donors (Lipinski definition) is 1. The molecule has 4 heteroatoms. The van der Waals surface area contributed by atoms with Gasteiger partial charge in [-0.25, -0.2) is 4.79 Å². The van der Waals surface area contributed by atoms with Gasteiger partial charge in [-0.3, -0.25) is 4.79 Å². The van der Waals surface area contributed by atoms with Crippen molar-refractivity contribution >= 4 is 11.9 Å². The van der Waals surface area contributed by atoms with Crippen molar-refractivity contribution in [2.45, 2.75) is 31.7 Å². The minimum Gasteiger partial charge on any atom is -0.467 e. The Bertz CT molecular complexity index is 438. The smallest absolute Gasteiger partial charge is 0.333 e. The van der Waals surface area contributed by atoms with Crippen LogP contribution in [0.5, 0.6) is 0 Å². The fourth-order valence-corrected chi connectivity index (χ4v) is 2.49. The van der Waals surface area contributed by atoms with Gasteiger partial charge in [0.05, 0.1) is 7.11 Å². The molecule has 1 aromatic carbocycles. The summed E-state index contributed by atoms with van der Waals surface area (Å²) in [4.78, 5) is 24.0. The standard InChI is InChI=1S/C15H19NO3/c1-19-15(18)13(11-7-3-2-4-8-11)16-14(17)12-9-5-6-10-12/h2-4,7-8,12-13H,5-6,9-10H2,1H3,(H,16,17)/t13-/m0/s1. The highest BCUT2D eigenvalue weighted by Crippen LogP contribution is 2.26. The van der Waals surface area contributed by atoms with Crippen LogP contribution < -0.4 is 5.32 Å². The fourth-order valence-electron chi connectivity index (χ4n) is 2.49. The SMILES string of the molecule is COC(=O)[C@@H](NC(=O)C1CCCC1)c1ccccc1. The molecule has 102 valence electrons. The van der Waals surface area contributed by atoms with E-state index >= 15 is 0 Å². The van der Waals surface area contributed by atoms with Gasteiger partial charge in [0.25, 0.3) is 0 Å². The first-order chi connectivity index (χ1) is 9.22. The number of hydrogen-bond acceptors (Lipinski definition) is 3. The molecule has 0 spiro atoms. The molecule has 0 saturated heterocycles. The summed E-state index contributed by atoms with van der Waals surface area (Å²) < 4.78 is 4.78. The minimum atomic E-state index is -0.709. The van der Waals surface area contributed by atoms with Gasteiger partial charge in [0.15, 0.2) is 6.04 Å². The average molecular weight is 261 g/mol. The first-order valence-electron chi connectivity index (χ1n) is 6.65. The van der Waals surface area contributed by atoms with Crippen LogP contribution >= 0.6 is 0 Å². The molecule has 0 heterocycles. The van der Waals surface area contributed by atoms with Gasteiger partial charge in [-0.1, -0.05) is 43.2 Å². The lowest BCUT2D eigenvalue weighted by Crippen LogP contribution is -2.37. The maximum Gasteiger partial charge on any atom is 0.333 e. The van der Waals surface area contributed by atoms with Crippen LogP contribution in [0, 0.1) is 5.92 Å². The molecular formula is C15H19NO3. The zero-order valence-corrected chi connectivity index (χ0v) is 11.1. The molecule has 1 aliphatic rings. The Morgan fingerprint density at radius 3 is 2.42 bits per heavy atom. The molecule has 0 unspecified atom stereocenters. The summed E-state index contributed by atoms with van der Waals surface area (Å²) >= 11 is 0. The lowest BCUT2D eigenvalue weighted by atomic mass is 10.0. The monoisotopic (exact) mass is 261 g/mol. The van der Waals surface area contributed by atoms with E-state index in [1.54, 1.807) is 0 Å². The molecule has 1 aromatic rings. The lowest BCUT2D eigenvalue weighted by molar-refractivity contribution is -0.145. The van der Waals surface area contributed by atoms with Crippen molar-refractivity contribution in [2.75, 3.05) is 7.11 Å². The van der Waals surface area contributed by atoms with Crippen molar-refractivity contribution in [3.8, 4) is 0 Å². The van der Waals surface area contributed by atoms with Crippen molar-refractivity contribution in [3.05, 3.63) is 35.9 Å². The zero-order chi connectivity index (χ0) is 13.7. The van der Waals surface area contributed by atoms with Crippen LogP contribution in [0.25, 0.3) is 0 Å². The van der Waals surface area contributed by atoms with E-state index < -0.39 is 12.0 Å². The Kier molecular flexibility index (Phi) is 4.55. The van der Waals surface area contributed by atoms with Gasteiger partial charge < -0.3 is 10.1 Å². The molecule has 19 heavy (non-hydrogen) atoms. The van der Waals surface area contributed by atoms with Crippen LogP contribution in [-0.4, -0.2) is 19.0 Å². The summed E-state index contributed by atoms with van der Waals surface area (Å²) in [5, 5.41) is 2.81. The van der Waals surface area contributed by atoms with Crippen molar-refractivity contribution in [1.82, 2.24) is 5.32 Å². The van der Waals surface area contributed by atoms with Crippen LogP contribution in [-0.2, 0) is 14.3 Å². The summed E-state index contributed by atoms with van der Waals surface area (Å²) in [6.07, 6.45) is 4.00. The Hall–Kier alpha value is -1.84. The molecule has 1 fully saturated rings. The van der Waals surface area contributed by atoms with Crippen LogP contribution in [0.15, 0.2) is 30.3 Å². The number of rotatable bonds is 4. The van der Waals surface area contributed by atoms with E-state index in [1.807, 2.05) is 30.3 Å². The van der Waals surface area contributed by atoms with Gasteiger partial charge >= 0.3 is 5.97 Å². The Morgan fingerprint density at radius 2 is 1.84 bits per heavy atom. The van der Waals surface area contributed by atoms with Gasteiger partial charge in [0, 0.05) is 5.92 Å². The van der Waals surface area contributed by atoms with Gasteiger partial charge in [-0.05, 0) is 18.4 Å². The van der Waals surface area contributed by atoms with Gasteiger partial charge in [0.2, 0.25) is 5.91 Å². The van der Waals surface area contributed by atoms with E-state index in [1.165, 1.54) is 7.11 Å². The number of amides is 1.